The Bertz CT molecular complexity index is 634. The predicted molar refractivity (Wildman–Crippen MR) is 87.2 cm³/mol. The lowest BCUT2D eigenvalue weighted by Gasteiger charge is -2.42. The van der Waals surface area contributed by atoms with Crippen molar-refractivity contribution in [3.8, 4) is 0 Å². The second kappa shape index (κ2) is 5.53. The number of rotatable bonds is 5. The van der Waals surface area contributed by atoms with Gasteiger partial charge in [0.1, 0.15) is 11.5 Å². The molecule has 2 rings (SSSR count). The van der Waals surface area contributed by atoms with Crippen LogP contribution < -0.4 is 0 Å². The van der Waals surface area contributed by atoms with E-state index in [1.54, 1.807) is 0 Å². The van der Waals surface area contributed by atoms with Gasteiger partial charge in [0.2, 0.25) is 0 Å². The molecular formula is C16H25FN2OSi. The van der Waals surface area contributed by atoms with Crippen LogP contribution in [0.3, 0.4) is 0 Å². The van der Waals surface area contributed by atoms with Crippen LogP contribution in [0.4, 0.5) is 4.39 Å². The summed E-state index contributed by atoms with van der Waals surface area (Å²) in [6.45, 7) is 14.1. The lowest BCUT2D eigenvalue weighted by atomic mass is 9.99. The summed E-state index contributed by atoms with van der Waals surface area (Å²) in [5.74, 6) is 0.252. The second-order valence-corrected chi connectivity index (χ2v) is 11.7. The van der Waals surface area contributed by atoms with E-state index in [-0.39, 0.29) is 10.9 Å². The number of hydrogen-bond donors (Lipinski definition) is 1. The fourth-order valence-electron chi connectivity index (χ4n) is 2.26. The topological polar surface area (TPSA) is 37.9 Å². The summed E-state index contributed by atoms with van der Waals surface area (Å²) in [6, 6.07) is 3.40. The van der Waals surface area contributed by atoms with Gasteiger partial charge in [-0.05, 0) is 36.2 Å². The Morgan fingerprint density at radius 2 is 2.00 bits per heavy atom. The van der Waals surface area contributed by atoms with Crippen molar-refractivity contribution >= 4 is 19.4 Å². The highest BCUT2D eigenvalue weighted by molar-refractivity contribution is 6.74. The molecule has 0 amide bonds. The maximum Gasteiger partial charge on any atom is 0.193 e. The quantitative estimate of drug-likeness (QED) is 0.801. The van der Waals surface area contributed by atoms with Gasteiger partial charge in [-0.1, -0.05) is 27.7 Å². The Morgan fingerprint density at radius 1 is 1.33 bits per heavy atom. The van der Waals surface area contributed by atoms with Gasteiger partial charge in [-0.3, -0.25) is 0 Å². The standard InChI is InChI=1S/C16H25FN2OSi/c1-11(2)16(3,4)21(5,6)20-10-14-8-12-7-13(17)9-18-15(12)19-14/h7-9,11H,10H2,1-6H3,(H,18,19). The summed E-state index contributed by atoms with van der Waals surface area (Å²) < 4.78 is 19.5. The van der Waals surface area contributed by atoms with Crippen LogP contribution in [0.25, 0.3) is 11.0 Å². The van der Waals surface area contributed by atoms with E-state index in [1.807, 2.05) is 6.07 Å². The van der Waals surface area contributed by atoms with Crippen LogP contribution in [-0.2, 0) is 11.0 Å². The molecule has 2 heterocycles. The zero-order chi connectivity index (χ0) is 15.8. The third-order valence-electron chi connectivity index (χ3n) is 5.08. The van der Waals surface area contributed by atoms with Crippen molar-refractivity contribution in [1.29, 1.82) is 0 Å². The van der Waals surface area contributed by atoms with Gasteiger partial charge in [0.05, 0.1) is 12.8 Å². The number of hydrogen-bond acceptors (Lipinski definition) is 2. The first kappa shape index (κ1) is 16.2. The van der Waals surface area contributed by atoms with Crippen LogP contribution in [0.2, 0.25) is 18.1 Å². The third-order valence-corrected chi connectivity index (χ3v) is 9.62. The van der Waals surface area contributed by atoms with E-state index < -0.39 is 8.32 Å². The number of aromatic nitrogens is 2. The van der Waals surface area contributed by atoms with E-state index in [0.717, 1.165) is 11.1 Å². The molecule has 0 unspecified atom stereocenters. The van der Waals surface area contributed by atoms with E-state index in [4.69, 9.17) is 4.43 Å². The number of halogens is 1. The van der Waals surface area contributed by atoms with Gasteiger partial charge >= 0.3 is 0 Å². The molecule has 0 aliphatic heterocycles. The van der Waals surface area contributed by atoms with Crippen LogP contribution >= 0.6 is 0 Å². The minimum atomic E-state index is -1.85. The Kier molecular flexibility index (Phi) is 4.26. The molecule has 0 radical (unpaired) electrons. The minimum absolute atomic E-state index is 0.184. The Hall–Kier alpha value is -1.20. The molecule has 0 saturated carbocycles. The van der Waals surface area contributed by atoms with Crippen LogP contribution in [0.15, 0.2) is 18.3 Å². The van der Waals surface area contributed by atoms with E-state index in [2.05, 4.69) is 50.8 Å². The second-order valence-electron chi connectivity index (χ2n) is 7.06. The lowest BCUT2D eigenvalue weighted by molar-refractivity contribution is 0.253. The summed E-state index contributed by atoms with van der Waals surface area (Å²) in [5, 5.41) is 0.972. The molecule has 0 spiro atoms. The average Bonchev–Trinajstić information content (AvgIpc) is 2.78. The van der Waals surface area contributed by atoms with Gasteiger partial charge in [-0.25, -0.2) is 9.37 Å². The molecule has 0 fully saturated rings. The van der Waals surface area contributed by atoms with Gasteiger partial charge in [-0.2, -0.15) is 0 Å². The van der Waals surface area contributed by atoms with Crippen LogP contribution in [0.1, 0.15) is 33.4 Å². The molecule has 0 saturated heterocycles. The number of fused-ring (bicyclic) bond motifs is 1. The first-order valence-corrected chi connectivity index (χ1v) is 10.3. The van der Waals surface area contributed by atoms with Crippen molar-refractivity contribution in [2.45, 2.75) is 52.4 Å². The molecule has 2 aromatic rings. The zero-order valence-electron chi connectivity index (χ0n) is 13.7. The van der Waals surface area contributed by atoms with Crippen LogP contribution in [0.5, 0.6) is 0 Å². The maximum absolute atomic E-state index is 13.2. The number of nitrogens with one attached hydrogen (secondary N) is 1. The normalized spacial score (nSPS) is 13.3. The van der Waals surface area contributed by atoms with Crippen molar-refractivity contribution in [3.05, 3.63) is 29.8 Å². The molecule has 1 N–H and O–H groups in total. The molecule has 0 atom stereocenters. The maximum atomic E-state index is 13.2. The first-order chi connectivity index (χ1) is 9.63. The van der Waals surface area contributed by atoms with E-state index >= 15 is 0 Å². The molecule has 5 heteroatoms. The fourth-order valence-corrected chi connectivity index (χ4v) is 4.54. The smallest absolute Gasteiger partial charge is 0.193 e. The highest BCUT2D eigenvalue weighted by Gasteiger charge is 2.43. The van der Waals surface area contributed by atoms with Crippen LogP contribution in [0, 0.1) is 11.7 Å². The van der Waals surface area contributed by atoms with Gasteiger partial charge in [-0.15, -0.1) is 0 Å². The number of nitrogens with zero attached hydrogens (tertiary/aromatic N) is 1. The molecule has 0 bridgehead atoms. The molecular weight excluding hydrogens is 283 g/mol. The van der Waals surface area contributed by atoms with Crippen LogP contribution in [-0.4, -0.2) is 18.3 Å². The highest BCUT2D eigenvalue weighted by Crippen LogP contribution is 2.44. The SMILES string of the molecule is CC(C)C(C)(C)[Si](C)(C)OCc1cc2cc(F)cnc2[nH]1. The van der Waals surface area contributed by atoms with Crippen molar-refractivity contribution in [3.63, 3.8) is 0 Å². The molecule has 0 aliphatic carbocycles. The van der Waals surface area contributed by atoms with Gasteiger partial charge in [0.25, 0.3) is 0 Å². The molecule has 0 aromatic carbocycles. The van der Waals surface area contributed by atoms with Crippen molar-refractivity contribution in [1.82, 2.24) is 9.97 Å². The summed E-state index contributed by atoms with van der Waals surface area (Å²) in [6.07, 6.45) is 1.23. The van der Waals surface area contributed by atoms with Gasteiger partial charge in [0.15, 0.2) is 8.32 Å². The molecule has 2 aromatic heterocycles. The lowest BCUT2D eigenvalue weighted by Crippen LogP contribution is -2.45. The molecule has 116 valence electrons. The summed E-state index contributed by atoms with van der Waals surface area (Å²) >= 11 is 0. The third kappa shape index (κ3) is 3.19. The Balaban J connectivity index is 2.14. The Morgan fingerprint density at radius 3 is 2.62 bits per heavy atom. The summed E-state index contributed by atoms with van der Waals surface area (Å²) in [7, 11) is -1.85. The van der Waals surface area contributed by atoms with Gasteiger partial charge < -0.3 is 9.41 Å². The predicted octanol–water partition coefficient (Wildman–Crippen LogP) is 4.86. The van der Waals surface area contributed by atoms with E-state index in [0.29, 0.717) is 18.2 Å². The Labute approximate surface area is 127 Å². The molecule has 21 heavy (non-hydrogen) atoms. The number of pyridine rings is 1. The van der Waals surface area contributed by atoms with Gasteiger partial charge in [0, 0.05) is 11.1 Å². The molecule has 0 aliphatic rings. The molecule has 3 nitrogen and oxygen atoms in total. The summed E-state index contributed by atoms with van der Waals surface area (Å²) in [4.78, 5) is 7.24. The van der Waals surface area contributed by atoms with Crippen molar-refractivity contribution in [2.24, 2.45) is 5.92 Å². The van der Waals surface area contributed by atoms with E-state index in [9.17, 15) is 4.39 Å². The summed E-state index contributed by atoms with van der Waals surface area (Å²) in [5.41, 5.74) is 1.65. The monoisotopic (exact) mass is 308 g/mol. The number of aromatic amines is 1. The fraction of sp³-hybridized carbons (Fsp3) is 0.562. The largest absolute Gasteiger partial charge is 0.411 e. The minimum Gasteiger partial charge on any atom is -0.411 e. The highest BCUT2D eigenvalue weighted by atomic mass is 28.4. The van der Waals surface area contributed by atoms with Crippen molar-refractivity contribution < 1.29 is 8.82 Å². The van der Waals surface area contributed by atoms with E-state index in [1.165, 1.54) is 12.3 Å². The zero-order valence-corrected chi connectivity index (χ0v) is 14.7. The van der Waals surface area contributed by atoms with Crippen molar-refractivity contribution in [2.75, 3.05) is 0 Å². The first-order valence-electron chi connectivity index (χ1n) is 7.40. The number of H-pyrrole nitrogens is 1. The average molecular weight is 308 g/mol.